The van der Waals surface area contributed by atoms with Crippen LogP contribution in [0.1, 0.15) is 50.7 Å². The lowest BCUT2D eigenvalue weighted by atomic mass is 9.68. The van der Waals surface area contributed by atoms with Crippen LogP contribution < -0.4 is 14.8 Å². The SMILES string of the molecule is COc1cccc(C2C(C#N)=C(C)NC3=C2C(=O)CC(C)(C)C3)c1OCc1ccc(Br)cc1. The molecule has 1 atom stereocenters. The number of Topliss-reactive ketones (excluding diaryl/α,β-unsaturated/α-hetero) is 1. The van der Waals surface area contributed by atoms with Crippen molar-refractivity contribution in [2.75, 3.05) is 7.11 Å². The van der Waals surface area contributed by atoms with E-state index in [0.717, 1.165) is 33.4 Å². The van der Waals surface area contributed by atoms with Crippen molar-refractivity contribution in [2.24, 2.45) is 5.41 Å². The summed E-state index contributed by atoms with van der Waals surface area (Å²) in [5, 5.41) is 13.4. The Kier molecular flexibility index (Phi) is 6.36. The highest BCUT2D eigenvalue weighted by Crippen LogP contribution is 2.49. The van der Waals surface area contributed by atoms with Gasteiger partial charge in [-0.3, -0.25) is 4.79 Å². The number of benzene rings is 2. The predicted octanol–water partition coefficient (Wildman–Crippen LogP) is 6.16. The number of para-hydroxylation sites is 1. The fourth-order valence-electron chi connectivity index (χ4n) is 4.71. The molecule has 1 heterocycles. The van der Waals surface area contributed by atoms with Crippen LogP contribution in [0.15, 0.2) is 69.5 Å². The second-order valence-corrected chi connectivity index (χ2v) is 10.3. The molecule has 33 heavy (non-hydrogen) atoms. The Morgan fingerprint density at radius 1 is 1.18 bits per heavy atom. The van der Waals surface area contributed by atoms with E-state index in [2.05, 4.69) is 41.2 Å². The zero-order valence-electron chi connectivity index (χ0n) is 19.3. The van der Waals surface area contributed by atoms with Crippen molar-refractivity contribution in [1.29, 1.82) is 5.26 Å². The first-order valence-electron chi connectivity index (χ1n) is 10.9. The highest BCUT2D eigenvalue weighted by molar-refractivity contribution is 9.10. The minimum atomic E-state index is -0.495. The zero-order chi connectivity index (χ0) is 23.8. The van der Waals surface area contributed by atoms with E-state index in [1.165, 1.54) is 0 Å². The van der Waals surface area contributed by atoms with Crippen LogP contribution >= 0.6 is 15.9 Å². The van der Waals surface area contributed by atoms with Crippen molar-refractivity contribution in [1.82, 2.24) is 5.32 Å². The fourth-order valence-corrected chi connectivity index (χ4v) is 4.97. The van der Waals surface area contributed by atoms with E-state index in [1.807, 2.05) is 49.4 Å². The topological polar surface area (TPSA) is 71.3 Å². The summed E-state index contributed by atoms with van der Waals surface area (Å²) in [6, 6.07) is 15.9. The molecular weight excluding hydrogens is 480 g/mol. The van der Waals surface area contributed by atoms with Gasteiger partial charge in [-0.05, 0) is 42.5 Å². The van der Waals surface area contributed by atoms with Crippen molar-refractivity contribution in [3.8, 4) is 17.6 Å². The van der Waals surface area contributed by atoms with Crippen LogP contribution in [0.3, 0.4) is 0 Å². The molecule has 0 fully saturated rings. The van der Waals surface area contributed by atoms with Gasteiger partial charge in [0, 0.05) is 33.4 Å². The normalized spacial score (nSPS) is 19.5. The lowest BCUT2D eigenvalue weighted by Gasteiger charge is -2.39. The lowest BCUT2D eigenvalue weighted by Crippen LogP contribution is -2.37. The molecule has 6 heteroatoms. The standard InChI is InChI=1S/C27H27BrN2O3/c1-16-20(14-29)24(25-21(30-16)12-27(2,3)13-22(25)31)19-6-5-7-23(32-4)26(19)33-15-17-8-10-18(28)11-9-17/h5-11,24,30H,12-13,15H2,1-4H3. The van der Waals surface area contributed by atoms with E-state index < -0.39 is 5.92 Å². The third-order valence-electron chi connectivity index (χ3n) is 6.20. The average Bonchev–Trinajstić information content (AvgIpc) is 2.76. The van der Waals surface area contributed by atoms with Gasteiger partial charge in [0.25, 0.3) is 0 Å². The van der Waals surface area contributed by atoms with Crippen LogP contribution in [0.2, 0.25) is 0 Å². The van der Waals surface area contributed by atoms with E-state index in [9.17, 15) is 10.1 Å². The fraction of sp³-hybridized carbons (Fsp3) is 0.333. The molecule has 2 aromatic carbocycles. The summed E-state index contributed by atoms with van der Waals surface area (Å²) in [5.74, 6) is 0.703. The molecule has 0 bridgehead atoms. The van der Waals surface area contributed by atoms with Crippen LogP contribution in [0, 0.1) is 16.7 Å². The molecule has 2 aromatic rings. The van der Waals surface area contributed by atoms with Crippen molar-refractivity contribution in [3.63, 3.8) is 0 Å². The molecule has 1 unspecified atom stereocenters. The number of nitriles is 1. The number of halogens is 1. The molecule has 4 rings (SSSR count). The highest BCUT2D eigenvalue weighted by atomic mass is 79.9. The molecule has 0 radical (unpaired) electrons. The van der Waals surface area contributed by atoms with Gasteiger partial charge in [0.05, 0.1) is 24.7 Å². The Balaban J connectivity index is 1.82. The molecule has 1 aliphatic carbocycles. The number of hydrogen-bond acceptors (Lipinski definition) is 5. The number of carbonyl (C=O) groups excluding carboxylic acids is 1. The number of nitrogens with zero attached hydrogens (tertiary/aromatic N) is 1. The van der Waals surface area contributed by atoms with Crippen LogP contribution in [0.25, 0.3) is 0 Å². The van der Waals surface area contributed by atoms with Crippen LogP contribution in [0.4, 0.5) is 0 Å². The van der Waals surface area contributed by atoms with E-state index in [1.54, 1.807) is 7.11 Å². The minimum absolute atomic E-state index is 0.0701. The Morgan fingerprint density at radius 3 is 2.58 bits per heavy atom. The summed E-state index contributed by atoms with van der Waals surface area (Å²) in [4.78, 5) is 13.4. The maximum absolute atomic E-state index is 13.4. The highest BCUT2D eigenvalue weighted by Gasteiger charge is 2.42. The maximum Gasteiger partial charge on any atom is 0.165 e. The minimum Gasteiger partial charge on any atom is -0.493 e. The van der Waals surface area contributed by atoms with Gasteiger partial charge >= 0.3 is 0 Å². The molecule has 2 aliphatic rings. The van der Waals surface area contributed by atoms with Crippen LogP contribution in [-0.4, -0.2) is 12.9 Å². The van der Waals surface area contributed by atoms with Crippen LogP contribution in [0.5, 0.6) is 11.5 Å². The molecule has 170 valence electrons. The van der Waals surface area contributed by atoms with E-state index in [4.69, 9.17) is 9.47 Å². The number of carbonyl (C=O) groups is 1. The monoisotopic (exact) mass is 506 g/mol. The summed E-state index contributed by atoms with van der Waals surface area (Å²) >= 11 is 3.45. The molecule has 1 aliphatic heterocycles. The molecule has 5 nitrogen and oxygen atoms in total. The predicted molar refractivity (Wildman–Crippen MR) is 131 cm³/mol. The first-order valence-corrected chi connectivity index (χ1v) is 11.7. The first kappa shape index (κ1) is 23.1. The number of nitrogens with one attached hydrogen (secondary N) is 1. The first-order chi connectivity index (χ1) is 15.7. The van der Waals surface area contributed by atoms with Gasteiger partial charge in [-0.1, -0.05) is 54.0 Å². The maximum atomic E-state index is 13.4. The van der Waals surface area contributed by atoms with Gasteiger partial charge in [-0.2, -0.15) is 5.26 Å². The second kappa shape index (κ2) is 9.07. The largest absolute Gasteiger partial charge is 0.493 e. The summed E-state index contributed by atoms with van der Waals surface area (Å²) in [6.45, 7) is 6.43. The van der Waals surface area contributed by atoms with E-state index >= 15 is 0 Å². The van der Waals surface area contributed by atoms with Crippen LogP contribution in [-0.2, 0) is 11.4 Å². The Hall–Kier alpha value is -3.04. The van der Waals surface area contributed by atoms with Gasteiger partial charge in [0.1, 0.15) is 6.61 Å². The van der Waals surface area contributed by atoms with Crippen molar-refractivity contribution in [2.45, 2.75) is 46.1 Å². The van der Waals surface area contributed by atoms with Crippen molar-refractivity contribution < 1.29 is 14.3 Å². The molecule has 0 amide bonds. The van der Waals surface area contributed by atoms with E-state index in [-0.39, 0.29) is 11.2 Å². The Labute approximate surface area is 203 Å². The third kappa shape index (κ3) is 4.56. The van der Waals surface area contributed by atoms with Crippen molar-refractivity contribution >= 4 is 21.7 Å². The van der Waals surface area contributed by atoms with Gasteiger partial charge in [-0.15, -0.1) is 0 Å². The number of dihydropyridines is 1. The zero-order valence-corrected chi connectivity index (χ0v) is 20.9. The smallest absolute Gasteiger partial charge is 0.165 e. The second-order valence-electron chi connectivity index (χ2n) is 9.34. The summed E-state index contributed by atoms with van der Waals surface area (Å²) in [7, 11) is 1.60. The van der Waals surface area contributed by atoms with Crippen molar-refractivity contribution in [3.05, 3.63) is 80.6 Å². The van der Waals surface area contributed by atoms with E-state index in [0.29, 0.717) is 35.7 Å². The number of rotatable bonds is 5. The lowest BCUT2D eigenvalue weighted by molar-refractivity contribution is -0.118. The van der Waals surface area contributed by atoms with Gasteiger partial charge in [-0.25, -0.2) is 0 Å². The summed E-state index contributed by atoms with van der Waals surface area (Å²) < 4.78 is 12.9. The summed E-state index contributed by atoms with van der Waals surface area (Å²) in [6.07, 6.45) is 1.19. The molecular formula is C27H27BrN2O3. The average molecular weight is 507 g/mol. The van der Waals surface area contributed by atoms with Gasteiger partial charge in [0.15, 0.2) is 17.3 Å². The number of hydrogen-bond donors (Lipinski definition) is 1. The Bertz CT molecular complexity index is 1200. The number of methoxy groups -OCH3 is 1. The number of allylic oxidation sites excluding steroid dienone is 4. The number of ketones is 1. The van der Waals surface area contributed by atoms with Gasteiger partial charge in [0.2, 0.25) is 0 Å². The van der Waals surface area contributed by atoms with Gasteiger partial charge < -0.3 is 14.8 Å². The molecule has 1 N–H and O–H groups in total. The summed E-state index contributed by atoms with van der Waals surface area (Å²) in [5.41, 5.74) is 4.51. The quantitative estimate of drug-likeness (QED) is 0.525. The number of ether oxygens (including phenoxy) is 2. The molecule has 0 saturated carbocycles. The Morgan fingerprint density at radius 2 is 1.91 bits per heavy atom. The third-order valence-corrected chi connectivity index (χ3v) is 6.73. The molecule has 0 aromatic heterocycles. The molecule has 0 spiro atoms. The molecule has 0 saturated heterocycles.